The molecule has 3 N–H and O–H groups in total. The van der Waals surface area contributed by atoms with Crippen LogP contribution < -0.4 is 10.6 Å². The van der Waals surface area contributed by atoms with Crippen LogP contribution in [0.15, 0.2) is 66.7 Å². The number of nitrogens with zero attached hydrogens (tertiary/aromatic N) is 1. The van der Waals surface area contributed by atoms with Gasteiger partial charge in [0.2, 0.25) is 0 Å². The van der Waals surface area contributed by atoms with E-state index in [1.54, 1.807) is 6.07 Å². The zero-order valence-electron chi connectivity index (χ0n) is 17.6. The van der Waals surface area contributed by atoms with Gasteiger partial charge in [0.1, 0.15) is 6.54 Å². The van der Waals surface area contributed by atoms with Crippen LogP contribution in [-0.4, -0.2) is 41.0 Å². The van der Waals surface area contributed by atoms with Crippen LogP contribution >= 0.6 is 0 Å². The molecule has 0 fully saturated rings. The molecule has 3 amide bonds. The third-order valence-corrected chi connectivity index (χ3v) is 5.39. The molecule has 0 radical (unpaired) electrons. The van der Waals surface area contributed by atoms with Crippen LogP contribution in [0.25, 0.3) is 11.1 Å². The van der Waals surface area contributed by atoms with Crippen LogP contribution in [0.2, 0.25) is 0 Å². The van der Waals surface area contributed by atoms with Gasteiger partial charge in [-0.15, -0.1) is 0 Å². The van der Waals surface area contributed by atoms with Gasteiger partial charge in [-0.2, -0.15) is 0 Å². The number of anilines is 2. The molecule has 7 nitrogen and oxygen atoms in total. The molecule has 3 aromatic carbocycles. The maximum atomic E-state index is 12.5. The van der Waals surface area contributed by atoms with Gasteiger partial charge in [-0.05, 0) is 60.4 Å². The summed E-state index contributed by atoms with van der Waals surface area (Å²) in [6.45, 7) is 2.09. The van der Waals surface area contributed by atoms with Gasteiger partial charge in [0.15, 0.2) is 0 Å². The molecule has 162 valence electrons. The van der Waals surface area contributed by atoms with Crippen molar-refractivity contribution in [3.63, 3.8) is 0 Å². The third-order valence-electron chi connectivity index (χ3n) is 5.39. The van der Waals surface area contributed by atoms with E-state index in [0.29, 0.717) is 24.2 Å². The number of nitrogens with one attached hydrogen (secondary N) is 2. The molecule has 0 spiro atoms. The summed E-state index contributed by atoms with van der Waals surface area (Å²) in [7, 11) is 0. The van der Waals surface area contributed by atoms with Gasteiger partial charge in [0.05, 0.1) is 0 Å². The van der Waals surface area contributed by atoms with Crippen molar-refractivity contribution in [2.24, 2.45) is 0 Å². The molecule has 7 heteroatoms. The van der Waals surface area contributed by atoms with Crippen molar-refractivity contribution in [3.05, 3.63) is 83.4 Å². The summed E-state index contributed by atoms with van der Waals surface area (Å²) in [6.07, 6.45) is 0.612. The van der Waals surface area contributed by atoms with E-state index in [2.05, 4.69) is 10.6 Å². The summed E-state index contributed by atoms with van der Waals surface area (Å²) in [4.78, 5) is 37.0. The second-order valence-corrected chi connectivity index (χ2v) is 7.76. The monoisotopic (exact) mass is 429 g/mol. The number of fused-ring (bicyclic) bond motifs is 1. The van der Waals surface area contributed by atoms with Gasteiger partial charge in [0, 0.05) is 23.5 Å². The van der Waals surface area contributed by atoms with E-state index < -0.39 is 5.97 Å². The maximum Gasteiger partial charge on any atom is 0.323 e. The predicted octanol–water partition coefficient (Wildman–Crippen LogP) is 4.39. The lowest BCUT2D eigenvalue weighted by Gasteiger charge is -2.27. The first kappa shape index (κ1) is 21.1. The summed E-state index contributed by atoms with van der Waals surface area (Å²) in [5, 5.41) is 14.6. The normalized spacial score (nSPS) is 12.8. The van der Waals surface area contributed by atoms with Crippen molar-refractivity contribution in [2.45, 2.75) is 13.3 Å². The van der Waals surface area contributed by atoms with Crippen molar-refractivity contribution in [1.82, 2.24) is 4.90 Å². The molecule has 0 saturated heterocycles. The van der Waals surface area contributed by atoms with E-state index in [1.807, 2.05) is 67.6 Å². The summed E-state index contributed by atoms with van der Waals surface area (Å²) < 4.78 is 0. The number of carboxylic acids is 1. The van der Waals surface area contributed by atoms with Crippen molar-refractivity contribution < 1.29 is 19.5 Å². The van der Waals surface area contributed by atoms with E-state index in [4.69, 9.17) is 5.11 Å². The molecule has 0 aromatic heterocycles. The minimum absolute atomic E-state index is 0.251. The van der Waals surface area contributed by atoms with E-state index in [9.17, 15) is 14.4 Å². The molecule has 0 bridgehead atoms. The highest BCUT2D eigenvalue weighted by molar-refractivity contribution is 6.00. The third kappa shape index (κ3) is 4.78. The van der Waals surface area contributed by atoms with Gasteiger partial charge in [-0.1, -0.05) is 42.0 Å². The fraction of sp³-hybridized carbons (Fsp3) is 0.160. The molecular formula is C25H23N3O4. The number of carbonyl (C=O) groups excluding carboxylic acids is 2. The van der Waals surface area contributed by atoms with Crippen LogP contribution in [0, 0.1) is 6.92 Å². The molecule has 1 aliphatic rings. The van der Waals surface area contributed by atoms with Gasteiger partial charge in [0.25, 0.3) is 5.91 Å². The van der Waals surface area contributed by atoms with Gasteiger partial charge in [-0.25, -0.2) is 4.79 Å². The molecule has 0 aliphatic carbocycles. The Morgan fingerprint density at radius 1 is 0.906 bits per heavy atom. The van der Waals surface area contributed by atoms with E-state index >= 15 is 0 Å². The molecule has 1 heterocycles. The lowest BCUT2D eigenvalue weighted by atomic mass is 9.94. The quantitative estimate of drug-likeness (QED) is 0.560. The maximum absolute atomic E-state index is 12.5. The Labute approximate surface area is 185 Å². The number of aryl methyl sites for hydroxylation is 1. The fourth-order valence-electron chi connectivity index (χ4n) is 3.71. The van der Waals surface area contributed by atoms with Gasteiger partial charge in [-0.3, -0.25) is 9.59 Å². The first-order valence-electron chi connectivity index (χ1n) is 10.3. The number of carboxylic acid groups (broad SMARTS) is 1. The number of benzene rings is 3. The molecule has 3 aromatic rings. The van der Waals surface area contributed by atoms with Crippen molar-refractivity contribution in [2.75, 3.05) is 23.7 Å². The van der Waals surface area contributed by atoms with Gasteiger partial charge < -0.3 is 20.6 Å². The number of aliphatic carboxylic acids is 1. The largest absolute Gasteiger partial charge is 0.480 e. The number of hydrogen-bond donors (Lipinski definition) is 3. The van der Waals surface area contributed by atoms with Crippen LogP contribution in [0.4, 0.5) is 16.2 Å². The molecule has 4 rings (SSSR count). The minimum atomic E-state index is -1.01. The Hall–Kier alpha value is -4.13. The topological polar surface area (TPSA) is 98.7 Å². The highest BCUT2D eigenvalue weighted by Crippen LogP contribution is 2.27. The Morgan fingerprint density at radius 2 is 1.50 bits per heavy atom. The lowest BCUT2D eigenvalue weighted by Crippen LogP contribution is -2.40. The summed E-state index contributed by atoms with van der Waals surface area (Å²) in [5.74, 6) is -1.26. The van der Waals surface area contributed by atoms with Crippen molar-refractivity contribution >= 4 is 29.3 Å². The van der Waals surface area contributed by atoms with Crippen LogP contribution in [0.1, 0.15) is 21.5 Å². The van der Waals surface area contributed by atoms with E-state index in [1.165, 1.54) is 4.90 Å². The van der Waals surface area contributed by atoms with Crippen LogP contribution in [0.3, 0.4) is 0 Å². The second-order valence-electron chi connectivity index (χ2n) is 7.76. The van der Waals surface area contributed by atoms with Crippen LogP contribution in [-0.2, 0) is 11.2 Å². The average molecular weight is 429 g/mol. The average Bonchev–Trinajstić information content (AvgIpc) is 2.77. The standard InChI is InChI=1S/C25H23N3O4/c1-16-2-7-20(8-3-16)26-25(32)27-21-9-4-17(5-10-21)18-6-11-22-19(14-18)12-13-28(24(22)31)15-23(29)30/h2-11,14H,12-13,15H2,1H3,(H,29,30)(H2,26,27,32). The summed E-state index contributed by atoms with van der Waals surface area (Å²) in [6, 6.07) is 20.3. The number of urea groups is 1. The van der Waals surface area contributed by atoms with Crippen LogP contribution in [0.5, 0.6) is 0 Å². The molecular weight excluding hydrogens is 406 g/mol. The highest BCUT2D eigenvalue weighted by atomic mass is 16.4. The van der Waals surface area contributed by atoms with E-state index in [0.717, 1.165) is 27.9 Å². The first-order valence-corrected chi connectivity index (χ1v) is 10.3. The zero-order chi connectivity index (χ0) is 22.7. The second kappa shape index (κ2) is 8.93. The lowest BCUT2D eigenvalue weighted by molar-refractivity contribution is -0.137. The fourth-order valence-corrected chi connectivity index (χ4v) is 3.71. The summed E-state index contributed by atoms with van der Waals surface area (Å²) >= 11 is 0. The number of carbonyl (C=O) groups is 3. The van der Waals surface area contributed by atoms with E-state index in [-0.39, 0.29) is 18.5 Å². The highest BCUT2D eigenvalue weighted by Gasteiger charge is 2.25. The molecule has 32 heavy (non-hydrogen) atoms. The Morgan fingerprint density at radius 3 is 2.12 bits per heavy atom. The number of amides is 3. The first-order chi connectivity index (χ1) is 15.4. The number of hydrogen-bond acceptors (Lipinski definition) is 3. The Bertz CT molecular complexity index is 1170. The SMILES string of the molecule is Cc1ccc(NC(=O)Nc2ccc(-c3ccc4c(c3)CCN(CC(=O)O)C4=O)cc2)cc1. The molecule has 1 aliphatic heterocycles. The zero-order valence-corrected chi connectivity index (χ0v) is 17.6. The predicted molar refractivity (Wildman–Crippen MR) is 123 cm³/mol. The minimum Gasteiger partial charge on any atom is -0.480 e. The Balaban J connectivity index is 1.43. The smallest absolute Gasteiger partial charge is 0.323 e. The summed E-state index contributed by atoms with van der Waals surface area (Å²) in [5.41, 5.74) is 5.87. The Kier molecular flexibility index (Phi) is 5.89. The molecule has 0 saturated carbocycles. The van der Waals surface area contributed by atoms with Crippen molar-refractivity contribution in [3.8, 4) is 11.1 Å². The molecule has 0 unspecified atom stereocenters. The van der Waals surface area contributed by atoms with Gasteiger partial charge >= 0.3 is 12.0 Å². The molecule has 0 atom stereocenters. The van der Waals surface area contributed by atoms with Crippen molar-refractivity contribution in [1.29, 1.82) is 0 Å². The number of rotatable bonds is 5.